The Labute approximate surface area is 125 Å². The number of rotatable bonds is 7. The minimum atomic E-state index is -3.83. The fourth-order valence-electron chi connectivity index (χ4n) is 1.97. The van der Waals surface area contributed by atoms with Gasteiger partial charge in [0.2, 0.25) is 10.0 Å². The van der Waals surface area contributed by atoms with Crippen LogP contribution in [0.25, 0.3) is 0 Å². The van der Waals surface area contributed by atoms with E-state index in [1.807, 2.05) is 13.8 Å². The Bertz CT molecular complexity index is 600. The lowest BCUT2D eigenvalue weighted by Crippen LogP contribution is -2.34. The molecule has 0 aliphatic carbocycles. The Kier molecular flexibility index (Phi) is 5.72. The third-order valence-electron chi connectivity index (χ3n) is 3.36. The normalized spacial score (nSPS) is 12.6. The number of hydrogen-bond acceptors (Lipinski definition) is 4. The van der Waals surface area contributed by atoms with Crippen molar-refractivity contribution in [3.8, 4) is 0 Å². The van der Waals surface area contributed by atoms with Gasteiger partial charge in [-0.1, -0.05) is 13.8 Å². The van der Waals surface area contributed by atoms with Gasteiger partial charge in [0.25, 0.3) is 0 Å². The third kappa shape index (κ3) is 4.94. The van der Waals surface area contributed by atoms with Gasteiger partial charge in [-0.3, -0.25) is 0 Å². The average molecular weight is 318 g/mol. The number of aliphatic hydroxyl groups is 1. The minimum absolute atomic E-state index is 0.0462. The SMILES string of the molecule is Cc1c(F)cc(N)cc1S(=O)(=O)NCC(C)(C)CCCO. The molecular formula is C14H23FN2O3S. The molecule has 5 nitrogen and oxygen atoms in total. The maximum atomic E-state index is 13.6. The van der Waals surface area contributed by atoms with Crippen molar-refractivity contribution in [2.75, 3.05) is 18.9 Å². The highest BCUT2D eigenvalue weighted by Crippen LogP contribution is 2.24. The monoisotopic (exact) mass is 318 g/mol. The molecule has 0 saturated heterocycles. The van der Waals surface area contributed by atoms with Crippen LogP contribution in [-0.4, -0.2) is 26.7 Å². The van der Waals surface area contributed by atoms with Crippen LogP contribution in [0.5, 0.6) is 0 Å². The van der Waals surface area contributed by atoms with E-state index in [1.54, 1.807) is 0 Å². The Balaban J connectivity index is 2.93. The second-order valence-corrected chi connectivity index (χ2v) is 7.68. The van der Waals surface area contributed by atoms with E-state index in [0.29, 0.717) is 12.8 Å². The summed E-state index contributed by atoms with van der Waals surface area (Å²) in [7, 11) is -3.83. The summed E-state index contributed by atoms with van der Waals surface area (Å²) in [5, 5.41) is 8.84. The molecule has 0 aliphatic heterocycles. The molecule has 0 radical (unpaired) electrons. The van der Waals surface area contributed by atoms with E-state index in [-0.39, 0.29) is 34.7 Å². The van der Waals surface area contributed by atoms with E-state index >= 15 is 0 Å². The first-order chi connectivity index (χ1) is 9.59. The van der Waals surface area contributed by atoms with Crippen LogP contribution in [0, 0.1) is 18.2 Å². The van der Waals surface area contributed by atoms with Crippen molar-refractivity contribution in [3.05, 3.63) is 23.5 Å². The van der Waals surface area contributed by atoms with Crippen LogP contribution in [0.3, 0.4) is 0 Å². The number of nitrogens with two attached hydrogens (primary N) is 1. The molecule has 0 fully saturated rings. The van der Waals surface area contributed by atoms with Crippen molar-refractivity contribution in [3.63, 3.8) is 0 Å². The van der Waals surface area contributed by atoms with E-state index in [9.17, 15) is 12.8 Å². The van der Waals surface area contributed by atoms with Crippen molar-refractivity contribution in [1.29, 1.82) is 0 Å². The van der Waals surface area contributed by atoms with Crippen molar-refractivity contribution in [1.82, 2.24) is 4.72 Å². The Morgan fingerprint density at radius 2 is 2.00 bits per heavy atom. The van der Waals surface area contributed by atoms with Gasteiger partial charge in [0, 0.05) is 24.4 Å². The van der Waals surface area contributed by atoms with E-state index < -0.39 is 15.8 Å². The lowest BCUT2D eigenvalue weighted by molar-refractivity contribution is 0.242. The van der Waals surface area contributed by atoms with Crippen LogP contribution in [0.4, 0.5) is 10.1 Å². The maximum Gasteiger partial charge on any atom is 0.241 e. The fraction of sp³-hybridized carbons (Fsp3) is 0.571. The number of anilines is 1. The van der Waals surface area contributed by atoms with Crippen LogP contribution in [-0.2, 0) is 10.0 Å². The van der Waals surface area contributed by atoms with Crippen molar-refractivity contribution in [2.24, 2.45) is 5.41 Å². The van der Waals surface area contributed by atoms with Gasteiger partial charge >= 0.3 is 0 Å². The average Bonchev–Trinajstić information content (AvgIpc) is 2.38. The van der Waals surface area contributed by atoms with Crippen LogP contribution in [0.2, 0.25) is 0 Å². The largest absolute Gasteiger partial charge is 0.399 e. The zero-order valence-electron chi connectivity index (χ0n) is 12.6. The Hall–Kier alpha value is -1.18. The molecule has 1 aromatic rings. The first-order valence-corrected chi connectivity index (χ1v) is 8.23. The molecule has 7 heteroatoms. The van der Waals surface area contributed by atoms with Crippen LogP contribution in [0.15, 0.2) is 17.0 Å². The summed E-state index contributed by atoms with van der Waals surface area (Å²) >= 11 is 0. The van der Waals surface area contributed by atoms with Gasteiger partial charge in [0.15, 0.2) is 0 Å². The molecule has 0 atom stereocenters. The van der Waals surface area contributed by atoms with Crippen molar-refractivity contribution < 1.29 is 17.9 Å². The highest BCUT2D eigenvalue weighted by atomic mass is 32.2. The van der Waals surface area contributed by atoms with Gasteiger partial charge in [0.1, 0.15) is 5.82 Å². The molecule has 0 aromatic heterocycles. The van der Waals surface area contributed by atoms with Gasteiger partial charge in [-0.05, 0) is 37.3 Å². The minimum Gasteiger partial charge on any atom is -0.399 e. The fourth-order valence-corrected chi connectivity index (χ4v) is 3.49. The number of benzene rings is 1. The molecule has 0 aliphatic rings. The predicted molar refractivity (Wildman–Crippen MR) is 80.8 cm³/mol. The number of nitrogens with one attached hydrogen (secondary N) is 1. The molecular weight excluding hydrogens is 295 g/mol. The summed E-state index contributed by atoms with van der Waals surface area (Å²) in [5.74, 6) is -0.644. The molecule has 0 saturated carbocycles. The zero-order valence-corrected chi connectivity index (χ0v) is 13.4. The first kappa shape index (κ1) is 17.9. The number of halogens is 1. The molecule has 120 valence electrons. The van der Waals surface area contributed by atoms with E-state index in [0.717, 1.165) is 6.07 Å². The summed E-state index contributed by atoms with van der Waals surface area (Å²) in [6.07, 6.45) is 1.27. The summed E-state index contributed by atoms with van der Waals surface area (Å²) in [6, 6.07) is 2.35. The highest BCUT2D eigenvalue weighted by Gasteiger charge is 2.24. The molecule has 0 bridgehead atoms. The molecule has 0 heterocycles. The van der Waals surface area contributed by atoms with Gasteiger partial charge in [-0.15, -0.1) is 0 Å². The summed E-state index contributed by atoms with van der Waals surface area (Å²) in [5.41, 5.74) is 5.32. The van der Waals surface area contributed by atoms with Gasteiger partial charge in [-0.25, -0.2) is 17.5 Å². The van der Waals surface area contributed by atoms with Crippen LogP contribution >= 0.6 is 0 Å². The van der Waals surface area contributed by atoms with Crippen molar-refractivity contribution in [2.45, 2.75) is 38.5 Å². The maximum absolute atomic E-state index is 13.6. The van der Waals surface area contributed by atoms with E-state index in [4.69, 9.17) is 10.8 Å². The van der Waals surface area contributed by atoms with Crippen LogP contribution < -0.4 is 10.5 Å². The molecule has 0 spiro atoms. The van der Waals surface area contributed by atoms with E-state index in [1.165, 1.54) is 13.0 Å². The predicted octanol–water partition coefficient (Wildman–Crippen LogP) is 1.79. The second kappa shape index (κ2) is 6.72. The summed E-state index contributed by atoms with van der Waals surface area (Å²) < 4.78 is 40.7. The lowest BCUT2D eigenvalue weighted by Gasteiger charge is -2.24. The van der Waals surface area contributed by atoms with Crippen molar-refractivity contribution >= 4 is 15.7 Å². The number of aliphatic hydroxyl groups excluding tert-OH is 1. The van der Waals surface area contributed by atoms with Gasteiger partial charge < -0.3 is 10.8 Å². The highest BCUT2D eigenvalue weighted by molar-refractivity contribution is 7.89. The van der Waals surface area contributed by atoms with Gasteiger partial charge in [-0.2, -0.15) is 0 Å². The molecule has 21 heavy (non-hydrogen) atoms. The number of sulfonamides is 1. The van der Waals surface area contributed by atoms with Crippen LogP contribution in [0.1, 0.15) is 32.3 Å². The quantitative estimate of drug-likeness (QED) is 0.668. The van der Waals surface area contributed by atoms with E-state index in [2.05, 4.69) is 4.72 Å². The standard InChI is InChI=1S/C14H23FN2O3S/c1-10-12(15)7-11(16)8-13(10)21(19,20)17-9-14(2,3)5-4-6-18/h7-8,17-18H,4-6,9,16H2,1-3H3. The molecule has 0 amide bonds. The number of nitrogen functional groups attached to an aromatic ring is 1. The molecule has 4 N–H and O–H groups in total. The zero-order chi connectivity index (χ0) is 16.3. The topological polar surface area (TPSA) is 92.4 Å². The molecule has 1 rings (SSSR count). The molecule has 0 unspecified atom stereocenters. The smallest absolute Gasteiger partial charge is 0.241 e. The summed E-state index contributed by atoms with van der Waals surface area (Å²) in [4.78, 5) is -0.141. The molecule has 1 aromatic carbocycles. The Morgan fingerprint density at radius 3 is 2.57 bits per heavy atom. The number of hydrogen-bond donors (Lipinski definition) is 3. The first-order valence-electron chi connectivity index (χ1n) is 6.75. The van der Waals surface area contributed by atoms with Gasteiger partial charge in [0.05, 0.1) is 4.90 Å². The second-order valence-electron chi connectivity index (χ2n) is 5.94. The summed E-state index contributed by atoms with van der Waals surface area (Å²) in [6.45, 7) is 5.47. The Morgan fingerprint density at radius 1 is 1.38 bits per heavy atom. The third-order valence-corrected chi connectivity index (χ3v) is 4.89. The lowest BCUT2D eigenvalue weighted by atomic mass is 9.88.